The van der Waals surface area contributed by atoms with Gasteiger partial charge in [-0.15, -0.1) is 0 Å². The van der Waals surface area contributed by atoms with Gasteiger partial charge in [0.25, 0.3) is 0 Å². The average molecular weight is 466 g/mol. The fourth-order valence-corrected chi connectivity index (χ4v) is 5.78. The van der Waals surface area contributed by atoms with Crippen LogP contribution >= 0.6 is 0 Å². The third kappa shape index (κ3) is 3.63. The zero-order chi connectivity index (χ0) is 24.7. The molecule has 0 N–H and O–H groups in total. The largest absolute Gasteiger partial charge is 0.341 e. The Kier molecular flexibility index (Phi) is 5.49. The standard InChI is InChI=1S/C35H31N/c1-4-36(28-20-22-31-30-17-11-12-18-32(30)35(2,3)33(31)24-28)34-23-27(25-13-7-5-8-14-25)19-21-29(34)26-15-9-6-10-16-26/h5-24H,4H2,1-3H3. The molecule has 5 aromatic rings. The molecule has 6 rings (SSSR count). The van der Waals surface area contributed by atoms with Gasteiger partial charge >= 0.3 is 0 Å². The maximum atomic E-state index is 2.47. The normalized spacial score (nSPS) is 13.2. The van der Waals surface area contributed by atoms with E-state index in [0.29, 0.717) is 0 Å². The molecule has 0 unspecified atom stereocenters. The molecule has 1 aliphatic carbocycles. The quantitative estimate of drug-likeness (QED) is 0.250. The fourth-order valence-electron chi connectivity index (χ4n) is 5.78. The van der Waals surface area contributed by atoms with Crippen molar-refractivity contribution in [2.75, 3.05) is 11.4 Å². The summed E-state index contributed by atoms with van der Waals surface area (Å²) in [4.78, 5) is 2.47. The highest BCUT2D eigenvalue weighted by atomic mass is 15.1. The van der Waals surface area contributed by atoms with E-state index in [4.69, 9.17) is 0 Å². The van der Waals surface area contributed by atoms with Crippen LogP contribution in [0.3, 0.4) is 0 Å². The summed E-state index contributed by atoms with van der Waals surface area (Å²) < 4.78 is 0. The fraction of sp³-hybridized carbons (Fsp3) is 0.143. The van der Waals surface area contributed by atoms with Gasteiger partial charge in [-0.2, -0.15) is 0 Å². The third-order valence-corrected chi connectivity index (χ3v) is 7.68. The van der Waals surface area contributed by atoms with E-state index in [1.54, 1.807) is 0 Å². The minimum absolute atomic E-state index is 0.0184. The van der Waals surface area contributed by atoms with Gasteiger partial charge in [0.05, 0.1) is 0 Å². The SMILES string of the molecule is CCN(c1ccc2c(c1)C(C)(C)c1ccccc1-2)c1cc(-c2ccccc2)ccc1-c1ccccc1. The first-order chi connectivity index (χ1) is 17.6. The number of nitrogens with zero attached hydrogens (tertiary/aromatic N) is 1. The van der Waals surface area contributed by atoms with Gasteiger partial charge in [0.2, 0.25) is 0 Å². The van der Waals surface area contributed by atoms with Gasteiger partial charge in [0.1, 0.15) is 0 Å². The minimum Gasteiger partial charge on any atom is -0.341 e. The number of hydrogen-bond donors (Lipinski definition) is 0. The Labute approximate surface area is 214 Å². The molecule has 36 heavy (non-hydrogen) atoms. The highest BCUT2D eigenvalue weighted by molar-refractivity contribution is 5.88. The summed E-state index contributed by atoms with van der Waals surface area (Å²) in [6.07, 6.45) is 0. The molecule has 0 bridgehead atoms. The van der Waals surface area contributed by atoms with Gasteiger partial charge in [-0.3, -0.25) is 0 Å². The Morgan fingerprint density at radius 1 is 0.528 bits per heavy atom. The van der Waals surface area contributed by atoms with Crippen molar-refractivity contribution in [3.05, 3.63) is 132 Å². The second-order valence-corrected chi connectivity index (χ2v) is 10.1. The number of fused-ring (bicyclic) bond motifs is 3. The Bertz CT molecular complexity index is 1530. The summed E-state index contributed by atoms with van der Waals surface area (Å²) >= 11 is 0. The van der Waals surface area contributed by atoms with E-state index in [0.717, 1.165) is 6.54 Å². The highest BCUT2D eigenvalue weighted by Crippen LogP contribution is 2.50. The number of benzene rings is 5. The third-order valence-electron chi connectivity index (χ3n) is 7.68. The lowest BCUT2D eigenvalue weighted by atomic mass is 9.82. The van der Waals surface area contributed by atoms with Crippen LogP contribution in [0.1, 0.15) is 31.9 Å². The van der Waals surface area contributed by atoms with Crippen LogP contribution < -0.4 is 4.90 Å². The molecule has 0 spiro atoms. The molecule has 1 aliphatic rings. The van der Waals surface area contributed by atoms with Crippen molar-refractivity contribution in [2.45, 2.75) is 26.2 Å². The number of rotatable bonds is 5. The monoisotopic (exact) mass is 465 g/mol. The lowest BCUT2D eigenvalue weighted by Crippen LogP contribution is -2.19. The van der Waals surface area contributed by atoms with Gasteiger partial charge in [-0.1, -0.05) is 117 Å². The molecule has 176 valence electrons. The van der Waals surface area contributed by atoms with Gasteiger partial charge in [0, 0.05) is 28.9 Å². The van der Waals surface area contributed by atoms with Crippen LogP contribution in [0.2, 0.25) is 0 Å². The van der Waals surface area contributed by atoms with Gasteiger partial charge in [0.15, 0.2) is 0 Å². The summed E-state index contributed by atoms with van der Waals surface area (Å²) in [6.45, 7) is 7.83. The molecule has 0 atom stereocenters. The summed E-state index contributed by atoms with van der Waals surface area (Å²) in [5.41, 5.74) is 12.9. The predicted octanol–water partition coefficient (Wildman–Crippen LogP) is 9.48. The van der Waals surface area contributed by atoms with Crippen LogP contribution in [0.4, 0.5) is 11.4 Å². The van der Waals surface area contributed by atoms with Crippen molar-refractivity contribution in [2.24, 2.45) is 0 Å². The summed E-state index contributed by atoms with van der Waals surface area (Å²) in [6, 6.07) is 44.2. The van der Waals surface area contributed by atoms with E-state index < -0.39 is 0 Å². The molecule has 0 fully saturated rings. The first-order valence-electron chi connectivity index (χ1n) is 12.8. The van der Waals surface area contributed by atoms with E-state index in [-0.39, 0.29) is 5.41 Å². The van der Waals surface area contributed by atoms with Crippen LogP contribution in [-0.4, -0.2) is 6.54 Å². The molecule has 0 aromatic heterocycles. The Balaban J connectivity index is 1.52. The number of anilines is 2. The molecule has 1 nitrogen and oxygen atoms in total. The first-order valence-corrected chi connectivity index (χ1v) is 12.8. The topological polar surface area (TPSA) is 3.24 Å². The molecule has 0 aliphatic heterocycles. The average Bonchev–Trinajstić information content (AvgIpc) is 3.16. The highest BCUT2D eigenvalue weighted by Gasteiger charge is 2.35. The van der Waals surface area contributed by atoms with Gasteiger partial charge in [-0.05, 0) is 64.1 Å². The van der Waals surface area contributed by atoms with Crippen molar-refractivity contribution in [3.8, 4) is 33.4 Å². The van der Waals surface area contributed by atoms with Crippen LogP contribution in [0.25, 0.3) is 33.4 Å². The molecular formula is C35H31N. The van der Waals surface area contributed by atoms with E-state index in [1.165, 1.54) is 55.9 Å². The van der Waals surface area contributed by atoms with E-state index in [2.05, 4.69) is 147 Å². The van der Waals surface area contributed by atoms with Crippen molar-refractivity contribution < 1.29 is 0 Å². The lowest BCUT2D eigenvalue weighted by Gasteiger charge is -2.29. The second kappa shape index (κ2) is 8.84. The molecule has 0 radical (unpaired) electrons. The zero-order valence-corrected chi connectivity index (χ0v) is 21.2. The predicted molar refractivity (Wildman–Crippen MR) is 154 cm³/mol. The Morgan fingerprint density at radius 2 is 1.14 bits per heavy atom. The van der Waals surface area contributed by atoms with E-state index >= 15 is 0 Å². The minimum atomic E-state index is -0.0184. The lowest BCUT2D eigenvalue weighted by molar-refractivity contribution is 0.660. The van der Waals surface area contributed by atoms with Gasteiger partial charge in [-0.25, -0.2) is 0 Å². The molecule has 0 amide bonds. The zero-order valence-electron chi connectivity index (χ0n) is 21.2. The van der Waals surface area contributed by atoms with Crippen LogP contribution in [0, 0.1) is 0 Å². The Hall–Kier alpha value is -4.10. The molecule has 0 saturated carbocycles. The van der Waals surface area contributed by atoms with Crippen LogP contribution in [0.15, 0.2) is 121 Å². The van der Waals surface area contributed by atoms with Crippen molar-refractivity contribution in [1.82, 2.24) is 0 Å². The second-order valence-electron chi connectivity index (χ2n) is 10.1. The van der Waals surface area contributed by atoms with E-state index in [1.807, 2.05) is 0 Å². The van der Waals surface area contributed by atoms with Crippen molar-refractivity contribution >= 4 is 11.4 Å². The summed E-state index contributed by atoms with van der Waals surface area (Å²) in [7, 11) is 0. The molecule has 0 heterocycles. The van der Waals surface area contributed by atoms with Crippen LogP contribution in [0.5, 0.6) is 0 Å². The van der Waals surface area contributed by atoms with E-state index in [9.17, 15) is 0 Å². The van der Waals surface area contributed by atoms with Gasteiger partial charge < -0.3 is 4.90 Å². The Morgan fingerprint density at radius 3 is 1.86 bits per heavy atom. The maximum Gasteiger partial charge on any atom is 0.0496 e. The molecule has 0 saturated heterocycles. The van der Waals surface area contributed by atoms with Crippen molar-refractivity contribution in [3.63, 3.8) is 0 Å². The summed E-state index contributed by atoms with van der Waals surface area (Å²) in [5, 5.41) is 0. The van der Waals surface area contributed by atoms with Crippen molar-refractivity contribution in [1.29, 1.82) is 0 Å². The smallest absolute Gasteiger partial charge is 0.0496 e. The number of hydrogen-bond acceptors (Lipinski definition) is 1. The summed E-state index contributed by atoms with van der Waals surface area (Å²) in [5.74, 6) is 0. The first kappa shape index (κ1) is 22.4. The maximum absolute atomic E-state index is 2.47. The van der Waals surface area contributed by atoms with Crippen LogP contribution in [-0.2, 0) is 5.41 Å². The molecule has 5 aromatic carbocycles. The molecular weight excluding hydrogens is 434 g/mol. The molecule has 1 heteroatoms.